The first-order valence-electron chi connectivity index (χ1n) is 7.18. The van der Waals surface area contributed by atoms with Crippen LogP contribution in [0.5, 0.6) is 11.6 Å². The molecule has 21 heavy (non-hydrogen) atoms. The quantitative estimate of drug-likeness (QED) is 0.665. The largest absolute Gasteiger partial charge is 0.439 e. The highest BCUT2D eigenvalue weighted by Gasteiger charge is 2.27. The van der Waals surface area contributed by atoms with Crippen molar-refractivity contribution in [1.29, 1.82) is 0 Å². The van der Waals surface area contributed by atoms with Gasteiger partial charge in [0, 0.05) is 12.0 Å². The van der Waals surface area contributed by atoms with E-state index in [0.29, 0.717) is 17.6 Å². The molecule has 110 valence electrons. The molecule has 5 heteroatoms. The lowest BCUT2D eigenvalue weighted by molar-refractivity contribution is 0.454. The summed E-state index contributed by atoms with van der Waals surface area (Å²) in [5.41, 5.74) is 6.08. The molecule has 2 aromatic rings. The Hall–Kier alpha value is -2.14. The molecule has 1 aliphatic rings. The first-order valence-corrected chi connectivity index (χ1v) is 7.18. The Balaban J connectivity index is 1.96. The molecule has 1 fully saturated rings. The maximum Gasteiger partial charge on any atom is 0.224 e. The van der Waals surface area contributed by atoms with Crippen LogP contribution in [0.3, 0.4) is 0 Å². The summed E-state index contributed by atoms with van der Waals surface area (Å²) in [5, 5.41) is 0. The lowest BCUT2D eigenvalue weighted by atomic mass is 10.1. The van der Waals surface area contributed by atoms with Crippen LogP contribution in [0.2, 0.25) is 0 Å². The fourth-order valence-electron chi connectivity index (χ4n) is 2.31. The summed E-state index contributed by atoms with van der Waals surface area (Å²) in [5.74, 6) is 8.69. The number of nitrogens with zero attached hydrogens (tertiary/aromatic N) is 2. The van der Waals surface area contributed by atoms with Gasteiger partial charge in [-0.25, -0.2) is 10.8 Å². The second-order valence-electron chi connectivity index (χ2n) is 5.68. The van der Waals surface area contributed by atoms with Gasteiger partial charge in [0.2, 0.25) is 5.88 Å². The van der Waals surface area contributed by atoms with Crippen LogP contribution in [-0.4, -0.2) is 9.97 Å². The van der Waals surface area contributed by atoms with Crippen LogP contribution < -0.4 is 16.0 Å². The maximum atomic E-state index is 5.99. The number of anilines is 1. The zero-order valence-corrected chi connectivity index (χ0v) is 12.6. The fraction of sp³-hybridized carbons (Fsp3) is 0.375. The summed E-state index contributed by atoms with van der Waals surface area (Å²) in [6.45, 7) is 6.19. The molecule has 0 spiro atoms. The minimum atomic E-state index is 0.445. The van der Waals surface area contributed by atoms with E-state index in [0.717, 1.165) is 30.0 Å². The minimum absolute atomic E-state index is 0.445. The molecule has 0 unspecified atom stereocenters. The minimum Gasteiger partial charge on any atom is -0.439 e. The number of nitrogens with two attached hydrogens (primary N) is 1. The Morgan fingerprint density at radius 2 is 1.90 bits per heavy atom. The van der Waals surface area contributed by atoms with Gasteiger partial charge in [-0.05, 0) is 56.4 Å². The molecule has 0 bridgehead atoms. The molecule has 0 amide bonds. The highest BCUT2D eigenvalue weighted by atomic mass is 16.5. The Morgan fingerprint density at radius 3 is 2.57 bits per heavy atom. The smallest absolute Gasteiger partial charge is 0.224 e. The summed E-state index contributed by atoms with van der Waals surface area (Å²) in [6.07, 6.45) is 2.27. The van der Waals surface area contributed by atoms with Gasteiger partial charge in [0.15, 0.2) is 0 Å². The second-order valence-corrected chi connectivity index (χ2v) is 5.68. The zero-order chi connectivity index (χ0) is 15.0. The number of hydrogen-bond acceptors (Lipinski definition) is 5. The van der Waals surface area contributed by atoms with Gasteiger partial charge in [-0.15, -0.1) is 0 Å². The second kappa shape index (κ2) is 5.33. The lowest BCUT2D eigenvalue weighted by Crippen LogP contribution is -2.10. The van der Waals surface area contributed by atoms with Gasteiger partial charge >= 0.3 is 0 Å². The number of hydrogen-bond donors (Lipinski definition) is 2. The van der Waals surface area contributed by atoms with Gasteiger partial charge in [-0.2, -0.15) is 4.98 Å². The molecule has 3 N–H and O–H groups in total. The molecule has 0 saturated heterocycles. The average Bonchev–Trinajstić information content (AvgIpc) is 3.28. The van der Waals surface area contributed by atoms with Gasteiger partial charge in [0.05, 0.1) is 0 Å². The van der Waals surface area contributed by atoms with Gasteiger partial charge < -0.3 is 10.2 Å². The molecule has 0 aliphatic heterocycles. The highest BCUT2D eigenvalue weighted by Crippen LogP contribution is 2.39. The SMILES string of the molecule is Cc1cc(C)c(C)c(Oc2cc(NN)nc(C3CC3)n2)c1. The Labute approximate surface area is 124 Å². The summed E-state index contributed by atoms with van der Waals surface area (Å²) in [4.78, 5) is 8.90. The van der Waals surface area contributed by atoms with Crippen molar-refractivity contribution in [3.8, 4) is 11.6 Å². The third-order valence-electron chi connectivity index (χ3n) is 3.79. The van der Waals surface area contributed by atoms with E-state index in [1.54, 1.807) is 6.07 Å². The lowest BCUT2D eigenvalue weighted by Gasteiger charge is -2.13. The number of benzene rings is 1. The van der Waals surface area contributed by atoms with Gasteiger partial charge in [0.25, 0.3) is 0 Å². The summed E-state index contributed by atoms with van der Waals surface area (Å²) in [6, 6.07) is 5.89. The zero-order valence-electron chi connectivity index (χ0n) is 12.6. The molecule has 1 aromatic carbocycles. The van der Waals surface area contributed by atoms with E-state index in [9.17, 15) is 0 Å². The predicted molar refractivity (Wildman–Crippen MR) is 82.5 cm³/mol. The van der Waals surface area contributed by atoms with E-state index in [4.69, 9.17) is 10.6 Å². The first-order chi connectivity index (χ1) is 10.1. The van der Waals surface area contributed by atoms with E-state index < -0.39 is 0 Å². The molecule has 5 nitrogen and oxygen atoms in total. The van der Waals surface area contributed by atoms with E-state index in [1.807, 2.05) is 6.07 Å². The summed E-state index contributed by atoms with van der Waals surface area (Å²) in [7, 11) is 0. The summed E-state index contributed by atoms with van der Waals surface area (Å²) < 4.78 is 5.99. The predicted octanol–water partition coefficient (Wildman–Crippen LogP) is 3.36. The van der Waals surface area contributed by atoms with Crippen LogP contribution >= 0.6 is 0 Å². The fourth-order valence-corrected chi connectivity index (χ4v) is 2.31. The van der Waals surface area contributed by atoms with Crippen LogP contribution in [0, 0.1) is 20.8 Å². The Kier molecular flexibility index (Phi) is 3.51. The Morgan fingerprint density at radius 1 is 1.14 bits per heavy atom. The molecular weight excluding hydrogens is 264 g/mol. The number of aryl methyl sites for hydroxylation is 2. The molecule has 0 atom stereocenters. The topological polar surface area (TPSA) is 73.1 Å². The van der Waals surface area contributed by atoms with E-state index >= 15 is 0 Å². The van der Waals surface area contributed by atoms with Gasteiger partial charge in [0.1, 0.15) is 17.4 Å². The van der Waals surface area contributed by atoms with Crippen LogP contribution in [0.1, 0.15) is 41.3 Å². The molecular formula is C16H20N4O. The van der Waals surface area contributed by atoms with Crippen molar-refractivity contribution in [2.24, 2.45) is 5.84 Å². The molecule has 1 saturated carbocycles. The summed E-state index contributed by atoms with van der Waals surface area (Å²) >= 11 is 0. The molecule has 1 heterocycles. The number of hydrazine groups is 1. The average molecular weight is 284 g/mol. The highest BCUT2D eigenvalue weighted by molar-refractivity contribution is 5.45. The van der Waals surface area contributed by atoms with Crippen molar-refractivity contribution >= 4 is 5.82 Å². The van der Waals surface area contributed by atoms with Crippen LogP contribution in [0.15, 0.2) is 18.2 Å². The van der Waals surface area contributed by atoms with E-state index in [-0.39, 0.29) is 0 Å². The molecule has 0 radical (unpaired) electrons. The van der Waals surface area contributed by atoms with Crippen molar-refractivity contribution in [2.75, 3.05) is 5.43 Å². The first kappa shape index (κ1) is 13.8. The molecule has 1 aromatic heterocycles. The number of rotatable bonds is 4. The van der Waals surface area contributed by atoms with Crippen molar-refractivity contribution in [2.45, 2.75) is 39.5 Å². The van der Waals surface area contributed by atoms with Gasteiger partial charge in [-0.1, -0.05) is 6.07 Å². The van der Waals surface area contributed by atoms with Crippen LogP contribution in [-0.2, 0) is 0 Å². The maximum absolute atomic E-state index is 5.99. The number of ether oxygens (including phenoxy) is 1. The normalized spacial score (nSPS) is 14.1. The van der Waals surface area contributed by atoms with Crippen molar-refractivity contribution in [1.82, 2.24) is 9.97 Å². The molecule has 1 aliphatic carbocycles. The number of nitrogens with one attached hydrogen (secondary N) is 1. The Bertz CT molecular complexity index is 680. The number of nitrogen functional groups attached to an aromatic ring is 1. The van der Waals surface area contributed by atoms with Gasteiger partial charge in [-0.3, -0.25) is 0 Å². The van der Waals surface area contributed by atoms with E-state index in [1.165, 1.54) is 11.1 Å². The van der Waals surface area contributed by atoms with Crippen LogP contribution in [0.4, 0.5) is 5.82 Å². The monoisotopic (exact) mass is 284 g/mol. The third kappa shape index (κ3) is 2.97. The molecule has 3 rings (SSSR count). The van der Waals surface area contributed by atoms with Crippen molar-refractivity contribution < 1.29 is 4.74 Å². The van der Waals surface area contributed by atoms with Crippen molar-refractivity contribution in [3.63, 3.8) is 0 Å². The van der Waals surface area contributed by atoms with Crippen LogP contribution in [0.25, 0.3) is 0 Å². The van der Waals surface area contributed by atoms with E-state index in [2.05, 4.69) is 42.2 Å². The number of aromatic nitrogens is 2. The third-order valence-corrected chi connectivity index (χ3v) is 3.79. The standard InChI is InChI=1S/C16H20N4O/c1-9-6-10(2)11(3)13(7-9)21-15-8-14(20-17)18-16(19-15)12-4-5-12/h6-8,12H,4-5,17H2,1-3H3,(H,18,19,20). The van der Waals surface area contributed by atoms with Crippen molar-refractivity contribution in [3.05, 3.63) is 40.7 Å².